The lowest BCUT2D eigenvalue weighted by Gasteiger charge is -2.10. The number of anilines is 1. The van der Waals surface area contributed by atoms with Crippen LogP contribution in [0.2, 0.25) is 0 Å². The van der Waals surface area contributed by atoms with Crippen molar-refractivity contribution in [3.8, 4) is 6.07 Å². The lowest BCUT2D eigenvalue weighted by Crippen LogP contribution is -2.34. The summed E-state index contributed by atoms with van der Waals surface area (Å²) >= 11 is 3.23. The Kier molecular flexibility index (Phi) is 4.28. The maximum Gasteiger partial charge on any atom is 0.248 e. The monoisotopic (exact) mass is 283 g/mol. The second-order valence-electron chi connectivity index (χ2n) is 3.11. The van der Waals surface area contributed by atoms with Crippen molar-refractivity contribution < 1.29 is 9.90 Å². The summed E-state index contributed by atoms with van der Waals surface area (Å²) in [5, 5.41) is 20.7. The van der Waals surface area contributed by atoms with Crippen LogP contribution in [0, 0.1) is 11.3 Å². The molecule has 1 aromatic carbocycles. The van der Waals surface area contributed by atoms with Crippen LogP contribution in [-0.4, -0.2) is 23.7 Å². The van der Waals surface area contributed by atoms with Gasteiger partial charge in [-0.05, 0) is 34.1 Å². The second kappa shape index (κ2) is 5.49. The summed E-state index contributed by atoms with van der Waals surface area (Å²) in [5.41, 5.74) is 6.10. The summed E-state index contributed by atoms with van der Waals surface area (Å²) in [5.74, 6) is -0.778. The van der Waals surface area contributed by atoms with Crippen molar-refractivity contribution >= 4 is 27.5 Å². The van der Waals surface area contributed by atoms with E-state index >= 15 is 0 Å². The lowest BCUT2D eigenvalue weighted by molar-refractivity contribution is -0.125. The molecule has 0 aliphatic heterocycles. The van der Waals surface area contributed by atoms with E-state index in [9.17, 15) is 4.79 Å². The molecule has 0 aromatic heterocycles. The number of carbonyl (C=O) groups is 1. The van der Waals surface area contributed by atoms with Gasteiger partial charge >= 0.3 is 0 Å². The average molecular weight is 284 g/mol. The van der Waals surface area contributed by atoms with Gasteiger partial charge in [0.25, 0.3) is 0 Å². The average Bonchev–Trinajstić information content (AvgIpc) is 2.25. The Labute approximate surface area is 101 Å². The van der Waals surface area contributed by atoms with E-state index in [2.05, 4.69) is 21.2 Å². The van der Waals surface area contributed by atoms with Crippen molar-refractivity contribution in [1.82, 2.24) is 0 Å². The molecule has 0 saturated heterocycles. The third-order valence-electron chi connectivity index (χ3n) is 1.92. The number of nitriles is 1. The zero-order valence-electron chi connectivity index (χ0n) is 8.27. The summed E-state index contributed by atoms with van der Waals surface area (Å²) in [4.78, 5) is 10.6. The summed E-state index contributed by atoms with van der Waals surface area (Å²) in [7, 11) is 0. The highest BCUT2D eigenvalue weighted by Gasteiger charge is 2.10. The molecule has 84 valence electrons. The number of rotatable bonds is 4. The van der Waals surface area contributed by atoms with Crippen LogP contribution < -0.4 is 11.1 Å². The largest absolute Gasteiger partial charge is 0.382 e. The van der Waals surface area contributed by atoms with Crippen LogP contribution in [0.1, 0.15) is 5.56 Å². The summed E-state index contributed by atoms with van der Waals surface area (Å²) < 4.78 is 0.647. The number of nitrogens with two attached hydrogens (primary N) is 1. The van der Waals surface area contributed by atoms with Crippen LogP contribution in [0.25, 0.3) is 0 Å². The zero-order valence-corrected chi connectivity index (χ0v) is 9.86. The van der Waals surface area contributed by atoms with Gasteiger partial charge in [-0.2, -0.15) is 5.26 Å². The van der Waals surface area contributed by atoms with Gasteiger partial charge in [0.1, 0.15) is 12.2 Å². The minimum Gasteiger partial charge on any atom is -0.382 e. The topological polar surface area (TPSA) is 99.1 Å². The van der Waals surface area contributed by atoms with E-state index in [1.165, 1.54) is 0 Å². The highest BCUT2D eigenvalue weighted by molar-refractivity contribution is 9.10. The number of nitrogens with zero attached hydrogens (tertiary/aromatic N) is 1. The molecule has 6 heteroatoms. The Hall–Kier alpha value is -1.58. The molecule has 0 saturated carbocycles. The first-order valence-corrected chi connectivity index (χ1v) is 5.25. The first kappa shape index (κ1) is 12.5. The smallest absolute Gasteiger partial charge is 0.248 e. The SMILES string of the molecule is N#Cc1ccc(NCC(O)C(N)=O)cc1Br. The minimum absolute atomic E-state index is 0.0354. The van der Waals surface area contributed by atoms with Crippen LogP contribution in [-0.2, 0) is 4.79 Å². The number of aliphatic hydroxyl groups is 1. The number of carbonyl (C=O) groups excluding carboxylic acids is 1. The Bertz CT molecular complexity index is 442. The van der Waals surface area contributed by atoms with E-state index in [4.69, 9.17) is 16.1 Å². The molecular formula is C10H10BrN3O2. The fraction of sp³-hybridized carbons (Fsp3) is 0.200. The fourth-order valence-electron chi connectivity index (χ4n) is 1.03. The molecule has 0 fully saturated rings. The van der Waals surface area contributed by atoms with Crippen molar-refractivity contribution in [3.05, 3.63) is 28.2 Å². The van der Waals surface area contributed by atoms with Gasteiger partial charge in [-0.25, -0.2) is 0 Å². The molecule has 1 unspecified atom stereocenters. The molecule has 0 heterocycles. The Morgan fingerprint density at radius 1 is 1.69 bits per heavy atom. The van der Waals surface area contributed by atoms with E-state index in [1.54, 1.807) is 18.2 Å². The highest BCUT2D eigenvalue weighted by Crippen LogP contribution is 2.20. The van der Waals surface area contributed by atoms with Crippen LogP contribution in [0.4, 0.5) is 5.69 Å². The number of aliphatic hydroxyl groups excluding tert-OH is 1. The molecule has 1 rings (SSSR count). The molecule has 1 aromatic rings. The zero-order chi connectivity index (χ0) is 12.1. The fourth-order valence-corrected chi connectivity index (χ4v) is 1.50. The van der Waals surface area contributed by atoms with Gasteiger partial charge in [0.2, 0.25) is 5.91 Å². The number of benzene rings is 1. The lowest BCUT2D eigenvalue weighted by atomic mass is 10.2. The molecular weight excluding hydrogens is 274 g/mol. The standard InChI is InChI=1S/C10H10BrN3O2/c11-8-3-7(2-1-6(8)4-12)14-5-9(15)10(13)16/h1-3,9,14-15H,5H2,(H2,13,16). The third kappa shape index (κ3) is 3.22. The Morgan fingerprint density at radius 3 is 2.88 bits per heavy atom. The highest BCUT2D eigenvalue weighted by atomic mass is 79.9. The third-order valence-corrected chi connectivity index (χ3v) is 2.57. The Balaban J connectivity index is 2.66. The van der Waals surface area contributed by atoms with Crippen molar-refractivity contribution in [2.24, 2.45) is 5.73 Å². The van der Waals surface area contributed by atoms with Gasteiger partial charge in [-0.3, -0.25) is 4.79 Å². The minimum atomic E-state index is -1.23. The van der Waals surface area contributed by atoms with E-state index in [-0.39, 0.29) is 6.54 Å². The van der Waals surface area contributed by atoms with Gasteiger partial charge in [-0.1, -0.05) is 0 Å². The van der Waals surface area contributed by atoms with Crippen molar-refractivity contribution in [2.75, 3.05) is 11.9 Å². The van der Waals surface area contributed by atoms with Crippen LogP contribution in [0.3, 0.4) is 0 Å². The molecule has 0 radical (unpaired) electrons. The van der Waals surface area contributed by atoms with Crippen LogP contribution in [0.5, 0.6) is 0 Å². The van der Waals surface area contributed by atoms with Crippen molar-refractivity contribution in [1.29, 1.82) is 5.26 Å². The molecule has 4 N–H and O–H groups in total. The van der Waals surface area contributed by atoms with Gasteiger partial charge in [0, 0.05) is 16.7 Å². The molecule has 0 aliphatic rings. The van der Waals surface area contributed by atoms with E-state index < -0.39 is 12.0 Å². The number of halogens is 1. The van der Waals surface area contributed by atoms with Crippen LogP contribution >= 0.6 is 15.9 Å². The molecule has 0 bridgehead atoms. The summed E-state index contributed by atoms with van der Waals surface area (Å²) in [6.45, 7) is 0.0354. The quantitative estimate of drug-likeness (QED) is 0.753. The summed E-state index contributed by atoms with van der Waals surface area (Å²) in [6.07, 6.45) is -1.23. The first-order valence-electron chi connectivity index (χ1n) is 4.45. The number of amides is 1. The Morgan fingerprint density at radius 2 is 2.38 bits per heavy atom. The molecule has 1 atom stereocenters. The molecule has 5 nitrogen and oxygen atoms in total. The second-order valence-corrected chi connectivity index (χ2v) is 3.96. The van der Waals surface area contributed by atoms with Crippen LogP contribution in [0.15, 0.2) is 22.7 Å². The van der Waals surface area contributed by atoms with Crippen molar-refractivity contribution in [2.45, 2.75) is 6.10 Å². The summed E-state index contributed by atoms with van der Waals surface area (Å²) in [6, 6.07) is 7.00. The number of nitrogens with one attached hydrogen (secondary N) is 1. The molecule has 0 spiro atoms. The maximum atomic E-state index is 10.6. The maximum absolute atomic E-state index is 10.6. The van der Waals surface area contributed by atoms with Gasteiger partial charge in [0.15, 0.2) is 0 Å². The predicted octanol–water partition coefficient (Wildman–Crippen LogP) is 0.579. The number of hydrogen-bond acceptors (Lipinski definition) is 4. The first-order chi connectivity index (χ1) is 7.54. The van der Waals surface area contributed by atoms with Gasteiger partial charge < -0.3 is 16.2 Å². The number of hydrogen-bond donors (Lipinski definition) is 3. The van der Waals surface area contributed by atoms with E-state index in [0.717, 1.165) is 0 Å². The van der Waals surface area contributed by atoms with E-state index in [1.807, 2.05) is 6.07 Å². The van der Waals surface area contributed by atoms with Crippen molar-refractivity contribution in [3.63, 3.8) is 0 Å². The van der Waals surface area contributed by atoms with E-state index in [0.29, 0.717) is 15.7 Å². The predicted molar refractivity (Wildman–Crippen MR) is 62.5 cm³/mol. The van der Waals surface area contributed by atoms with Gasteiger partial charge in [0.05, 0.1) is 5.56 Å². The molecule has 0 aliphatic carbocycles. The van der Waals surface area contributed by atoms with Gasteiger partial charge in [-0.15, -0.1) is 0 Å². The molecule has 16 heavy (non-hydrogen) atoms. The number of primary amides is 1. The molecule has 1 amide bonds. The normalized spacial score (nSPS) is 11.6.